The molecule has 2 aromatic rings. The van der Waals surface area contributed by atoms with E-state index in [1.165, 1.54) is 6.07 Å². The summed E-state index contributed by atoms with van der Waals surface area (Å²) in [7, 11) is 0. The van der Waals surface area contributed by atoms with E-state index in [4.69, 9.17) is 10.5 Å². The van der Waals surface area contributed by atoms with E-state index < -0.39 is 0 Å². The lowest BCUT2D eigenvalue weighted by atomic mass is 10.2. The Morgan fingerprint density at radius 2 is 2.35 bits per heavy atom. The number of halogens is 1. The first-order valence-corrected chi connectivity index (χ1v) is 6.93. The molecule has 1 aliphatic heterocycles. The van der Waals surface area contributed by atoms with Gasteiger partial charge in [-0.2, -0.15) is 0 Å². The predicted octanol–water partition coefficient (Wildman–Crippen LogP) is 1.48. The van der Waals surface area contributed by atoms with Gasteiger partial charge in [0, 0.05) is 13.1 Å². The van der Waals surface area contributed by atoms with Gasteiger partial charge in [-0.05, 0) is 18.7 Å². The first-order chi connectivity index (χ1) is 9.69. The number of hydrogen-bond acceptors (Lipinski definition) is 4. The van der Waals surface area contributed by atoms with E-state index in [9.17, 15) is 4.39 Å². The Balaban J connectivity index is 1.87. The van der Waals surface area contributed by atoms with Gasteiger partial charge in [0.05, 0.1) is 24.8 Å². The molecule has 0 radical (unpaired) electrons. The highest BCUT2D eigenvalue weighted by Crippen LogP contribution is 2.21. The molecule has 20 heavy (non-hydrogen) atoms. The number of likely N-dealkylation sites (N-methyl/N-ethyl adjacent to an activating group) is 1. The van der Waals surface area contributed by atoms with Crippen molar-refractivity contribution in [1.29, 1.82) is 0 Å². The maximum Gasteiger partial charge on any atom is 0.201 e. The summed E-state index contributed by atoms with van der Waals surface area (Å²) in [6.45, 7) is 6.29. The Bertz CT molecular complexity index is 612. The van der Waals surface area contributed by atoms with Gasteiger partial charge in [-0.1, -0.05) is 13.0 Å². The lowest BCUT2D eigenvalue weighted by Crippen LogP contribution is -2.44. The average Bonchev–Trinajstić information content (AvgIpc) is 2.78. The van der Waals surface area contributed by atoms with Gasteiger partial charge in [0.1, 0.15) is 5.52 Å². The van der Waals surface area contributed by atoms with E-state index >= 15 is 0 Å². The molecule has 1 atom stereocenters. The zero-order valence-corrected chi connectivity index (χ0v) is 11.6. The van der Waals surface area contributed by atoms with E-state index in [2.05, 4.69) is 16.8 Å². The molecule has 1 unspecified atom stereocenters. The maximum atomic E-state index is 13.7. The number of morpholine rings is 1. The van der Waals surface area contributed by atoms with Crippen LogP contribution in [0.2, 0.25) is 0 Å². The summed E-state index contributed by atoms with van der Waals surface area (Å²) in [6, 6.07) is 4.91. The molecule has 1 aromatic heterocycles. The number of fused-ring (bicyclic) bond motifs is 1. The van der Waals surface area contributed by atoms with Crippen molar-refractivity contribution in [2.45, 2.75) is 19.6 Å². The SMILES string of the molecule is CCN1CCOC(Cn2c(N)nc3c(F)cccc32)C1. The third-order valence-corrected chi connectivity index (χ3v) is 3.82. The molecule has 108 valence electrons. The van der Waals surface area contributed by atoms with Crippen LogP contribution in [0.15, 0.2) is 18.2 Å². The summed E-state index contributed by atoms with van der Waals surface area (Å²) < 4.78 is 21.3. The molecule has 0 spiro atoms. The monoisotopic (exact) mass is 278 g/mol. The number of nitrogens with zero attached hydrogens (tertiary/aromatic N) is 3. The molecule has 6 heteroatoms. The largest absolute Gasteiger partial charge is 0.374 e. The van der Waals surface area contributed by atoms with Crippen molar-refractivity contribution >= 4 is 17.0 Å². The highest BCUT2D eigenvalue weighted by atomic mass is 19.1. The Morgan fingerprint density at radius 1 is 1.50 bits per heavy atom. The van der Waals surface area contributed by atoms with Crippen LogP contribution in [0.4, 0.5) is 10.3 Å². The summed E-state index contributed by atoms with van der Waals surface area (Å²) in [5.41, 5.74) is 6.97. The molecule has 3 rings (SSSR count). The van der Waals surface area contributed by atoms with Gasteiger partial charge in [-0.25, -0.2) is 9.37 Å². The van der Waals surface area contributed by atoms with Gasteiger partial charge < -0.3 is 15.0 Å². The second-order valence-electron chi connectivity index (χ2n) is 5.07. The first kappa shape index (κ1) is 13.3. The van der Waals surface area contributed by atoms with Crippen LogP contribution in [0.1, 0.15) is 6.92 Å². The van der Waals surface area contributed by atoms with E-state index in [1.807, 2.05) is 10.6 Å². The molecular weight excluding hydrogens is 259 g/mol. The number of anilines is 1. The number of para-hydroxylation sites is 1. The number of imidazole rings is 1. The number of aromatic nitrogens is 2. The molecule has 1 aliphatic rings. The van der Waals surface area contributed by atoms with E-state index in [0.29, 0.717) is 18.0 Å². The number of rotatable bonds is 3. The normalized spacial score (nSPS) is 20.6. The Morgan fingerprint density at radius 3 is 3.15 bits per heavy atom. The zero-order chi connectivity index (χ0) is 14.1. The lowest BCUT2D eigenvalue weighted by molar-refractivity contribution is -0.0335. The van der Waals surface area contributed by atoms with Gasteiger partial charge in [0.15, 0.2) is 5.82 Å². The standard InChI is InChI=1S/C14H19FN4O/c1-2-18-6-7-20-10(8-18)9-19-12-5-3-4-11(15)13(12)17-14(19)16/h3-5,10H,2,6-9H2,1H3,(H2,16,17). The number of hydrogen-bond donors (Lipinski definition) is 1. The van der Waals surface area contributed by atoms with Crippen molar-refractivity contribution in [3.8, 4) is 0 Å². The van der Waals surface area contributed by atoms with Crippen LogP contribution >= 0.6 is 0 Å². The molecule has 1 aromatic carbocycles. The Kier molecular flexibility index (Phi) is 3.58. The van der Waals surface area contributed by atoms with Crippen LogP contribution < -0.4 is 5.73 Å². The van der Waals surface area contributed by atoms with Crippen LogP contribution in [-0.4, -0.2) is 46.8 Å². The minimum absolute atomic E-state index is 0.0617. The van der Waals surface area contributed by atoms with Gasteiger partial charge in [0.2, 0.25) is 5.95 Å². The molecule has 0 amide bonds. The highest BCUT2D eigenvalue weighted by Gasteiger charge is 2.22. The van der Waals surface area contributed by atoms with Crippen LogP contribution in [0.5, 0.6) is 0 Å². The van der Waals surface area contributed by atoms with Crippen molar-refractivity contribution in [3.63, 3.8) is 0 Å². The number of ether oxygens (including phenoxy) is 1. The van der Waals surface area contributed by atoms with Crippen molar-refractivity contribution in [3.05, 3.63) is 24.0 Å². The lowest BCUT2D eigenvalue weighted by Gasteiger charge is -2.32. The maximum absolute atomic E-state index is 13.7. The van der Waals surface area contributed by atoms with Crippen molar-refractivity contribution < 1.29 is 9.13 Å². The van der Waals surface area contributed by atoms with Gasteiger partial charge in [-0.3, -0.25) is 4.90 Å². The fourth-order valence-corrected chi connectivity index (χ4v) is 2.70. The van der Waals surface area contributed by atoms with Gasteiger partial charge in [0.25, 0.3) is 0 Å². The molecular formula is C14H19FN4O. The zero-order valence-electron chi connectivity index (χ0n) is 11.6. The van der Waals surface area contributed by atoms with Gasteiger partial charge >= 0.3 is 0 Å². The molecule has 0 bridgehead atoms. The summed E-state index contributed by atoms with van der Waals surface area (Å²) in [4.78, 5) is 6.45. The summed E-state index contributed by atoms with van der Waals surface area (Å²) >= 11 is 0. The third-order valence-electron chi connectivity index (χ3n) is 3.82. The Hall–Kier alpha value is -1.66. The minimum atomic E-state index is -0.340. The Labute approximate surface area is 117 Å². The fraction of sp³-hybridized carbons (Fsp3) is 0.500. The van der Waals surface area contributed by atoms with Crippen molar-refractivity contribution in [1.82, 2.24) is 14.5 Å². The second-order valence-corrected chi connectivity index (χ2v) is 5.07. The van der Waals surface area contributed by atoms with Crippen molar-refractivity contribution in [2.24, 2.45) is 0 Å². The number of benzene rings is 1. The quantitative estimate of drug-likeness (QED) is 0.924. The van der Waals surface area contributed by atoms with Crippen molar-refractivity contribution in [2.75, 3.05) is 32.0 Å². The molecule has 1 fully saturated rings. The summed E-state index contributed by atoms with van der Waals surface area (Å²) in [5, 5.41) is 0. The molecule has 0 aliphatic carbocycles. The van der Waals surface area contributed by atoms with Crippen LogP contribution in [0.3, 0.4) is 0 Å². The smallest absolute Gasteiger partial charge is 0.201 e. The molecule has 1 saturated heterocycles. The minimum Gasteiger partial charge on any atom is -0.374 e. The number of nitrogen functional groups attached to an aromatic ring is 1. The van der Waals surface area contributed by atoms with Gasteiger partial charge in [-0.15, -0.1) is 0 Å². The topological polar surface area (TPSA) is 56.3 Å². The molecule has 0 saturated carbocycles. The molecule has 2 N–H and O–H groups in total. The van der Waals surface area contributed by atoms with E-state index in [0.717, 1.165) is 31.8 Å². The second kappa shape index (κ2) is 5.38. The van der Waals surface area contributed by atoms with E-state index in [1.54, 1.807) is 6.07 Å². The van der Waals surface area contributed by atoms with Crippen LogP contribution in [-0.2, 0) is 11.3 Å². The molecule has 2 heterocycles. The first-order valence-electron chi connectivity index (χ1n) is 6.93. The van der Waals surface area contributed by atoms with E-state index in [-0.39, 0.29) is 11.9 Å². The van der Waals surface area contributed by atoms with Crippen LogP contribution in [0, 0.1) is 5.82 Å². The summed E-state index contributed by atoms with van der Waals surface area (Å²) in [5.74, 6) is -0.00461. The fourth-order valence-electron chi connectivity index (χ4n) is 2.70. The highest BCUT2D eigenvalue weighted by molar-refractivity contribution is 5.78. The summed E-state index contributed by atoms with van der Waals surface area (Å²) in [6.07, 6.45) is 0.0617. The molecule has 5 nitrogen and oxygen atoms in total. The number of nitrogens with two attached hydrogens (primary N) is 1. The average molecular weight is 278 g/mol. The van der Waals surface area contributed by atoms with Crippen LogP contribution in [0.25, 0.3) is 11.0 Å². The predicted molar refractivity (Wildman–Crippen MR) is 76.0 cm³/mol. The third kappa shape index (κ3) is 2.36.